The predicted molar refractivity (Wildman–Crippen MR) is 134 cm³/mol. The SMILES string of the molecule is Cc1ccc(S(=O)(=O)N(CC(=O)Nc2cccc3ccccc23)c2cc(C)ccc2C)cc1. The number of aryl methyl sites for hydroxylation is 3. The summed E-state index contributed by atoms with van der Waals surface area (Å²) in [5.41, 5.74) is 3.78. The van der Waals surface area contributed by atoms with Gasteiger partial charge in [0.25, 0.3) is 10.0 Å². The van der Waals surface area contributed by atoms with Crippen LogP contribution < -0.4 is 9.62 Å². The molecule has 4 rings (SSSR count). The maximum Gasteiger partial charge on any atom is 0.264 e. The lowest BCUT2D eigenvalue weighted by Gasteiger charge is -2.26. The number of carbonyl (C=O) groups excluding carboxylic acids is 1. The molecule has 0 aliphatic heterocycles. The van der Waals surface area contributed by atoms with Gasteiger partial charge in [0, 0.05) is 11.1 Å². The van der Waals surface area contributed by atoms with Gasteiger partial charge in [-0.3, -0.25) is 9.10 Å². The molecule has 1 amide bonds. The van der Waals surface area contributed by atoms with E-state index in [1.165, 1.54) is 4.31 Å². The van der Waals surface area contributed by atoms with E-state index >= 15 is 0 Å². The molecule has 0 fully saturated rings. The average Bonchev–Trinajstić information content (AvgIpc) is 2.80. The van der Waals surface area contributed by atoms with Gasteiger partial charge in [-0.25, -0.2) is 8.42 Å². The van der Waals surface area contributed by atoms with E-state index in [0.717, 1.165) is 27.5 Å². The van der Waals surface area contributed by atoms with Gasteiger partial charge in [0.2, 0.25) is 5.91 Å². The third-order valence-electron chi connectivity index (χ3n) is 5.59. The first-order valence-corrected chi connectivity index (χ1v) is 12.1. The first-order chi connectivity index (χ1) is 15.8. The van der Waals surface area contributed by atoms with Crippen LogP contribution >= 0.6 is 0 Å². The van der Waals surface area contributed by atoms with Crippen LogP contribution in [0.5, 0.6) is 0 Å². The van der Waals surface area contributed by atoms with Crippen molar-refractivity contribution in [2.24, 2.45) is 0 Å². The highest BCUT2D eigenvalue weighted by atomic mass is 32.2. The number of nitrogens with one attached hydrogen (secondary N) is 1. The van der Waals surface area contributed by atoms with Crippen LogP contribution in [0.2, 0.25) is 0 Å². The number of amides is 1. The van der Waals surface area contributed by atoms with Gasteiger partial charge >= 0.3 is 0 Å². The fourth-order valence-corrected chi connectivity index (χ4v) is 5.26. The van der Waals surface area contributed by atoms with Crippen LogP contribution in [0.1, 0.15) is 16.7 Å². The van der Waals surface area contributed by atoms with E-state index in [4.69, 9.17) is 0 Å². The smallest absolute Gasteiger partial charge is 0.264 e. The summed E-state index contributed by atoms with van der Waals surface area (Å²) >= 11 is 0. The highest BCUT2D eigenvalue weighted by Gasteiger charge is 2.28. The maximum absolute atomic E-state index is 13.7. The van der Waals surface area contributed by atoms with Gasteiger partial charge in [-0.2, -0.15) is 0 Å². The second-order valence-corrected chi connectivity index (χ2v) is 10.1. The number of sulfonamides is 1. The second kappa shape index (κ2) is 9.08. The van der Waals surface area contributed by atoms with E-state index in [1.54, 1.807) is 30.3 Å². The van der Waals surface area contributed by atoms with Gasteiger partial charge in [0.05, 0.1) is 10.6 Å². The highest BCUT2D eigenvalue weighted by molar-refractivity contribution is 7.92. The van der Waals surface area contributed by atoms with Crippen LogP contribution in [0.3, 0.4) is 0 Å². The quantitative estimate of drug-likeness (QED) is 0.409. The van der Waals surface area contributed by atoms with E-state index < -0.39 is 15.9 Å². The summed E-state index contributed by atoms with van der Waals surface area (Å²) < 4.78 is 28.5. The Morgan fingerprint density at radius 2 is 1.48 bits per heavy atom. The largest absolute Gasteiger partial charge is 0.324 e. The third-order valence-corrected chi connectivity index (χ3v) is 7.37. The molecule has 0 aliphatic carbocycles. The number of hydrogen-bond donors (Lipinski definition) is 1. The summed E-state index contributed by atoms with van der Waals surface area (Å²) in [5.74, 6) is -0.414. The number of anilines is 2. The molecule has 0 spiro atoms. The Labute approximate surface area is 194 Å². The topological polar surface area (TPSA) is 66.5 Å². The lowest BCUT2D eigenvalue weighted by Crippen LogP contribution is -2.38. The molecular weight excluding hydrogens is 432 g/mol. The number of fused-ring (bicyclic) bond motifs is 1. The first-order valence-electron chi connectivity index (χ1n) is 10.7. The van der Waals surface area contributed by atoms with Crippen molar-refractivity contribution in [2.45, 2.75) is 25.7 Å². The summed E-state index contributed by atoms with van der Waals surface area (Å²) in [6.45, 7) is 5.30. The molecular formula is C27H26N2O3S. The molecule has 5 nitrogen and oxygen atoms in total. The summed E-state index contributed by atoms with van der Waals surface area (Å²) in [5, 5.41) is 4.80. The third kappa shape index (κ3) is 4.76. The summed E-state index contributed by atoms with van der Waals surface area (Å²) in [4.78, 5) is 13.3. The first kappa shape index (κ1) is 22.6. The van der Waals surface area contributed by atoms with Crippen molar-refractivity contribution >= 4 is 38.1 Å². The standard InChI is InChI=1S/C27H26N2O3S/c1-19-12-15-23(16-13-19)33(31,32)29(26-17-20(2)11-14-21(26)3)18-27(30)28-25-10-6-8-22-7-4-5-9-24(22)25/h4-17H,18H2,1-3H3,(H,28,30). The molecule has 168 valence electrons. The normalized spacial score (nSPS) is 11.4. The van der Waals surface area contributed by atoms with E-state index in [2.05, 4.69) is 5.32 Å². The van der Waals surface area contributed by atoms with Crippen LogP contribution in [0, 0.1) is 20.8 Å². The van der Waals surface area contributed by atoms with Crippen molar-refractivity contribution in [3.63, 3.8) is 0 Å². The van der Waals surface area contributed by atoms with Crippen LogP contribution in [0.4, 0.5) is 11.4 Å². The number of benzene rings is 4. The molecule has 0 aliphatic rings. The van der Waals surface area contributed by atoms with E-state index in [0.29, 0.717) is 11.4 Å². The van der Waals surface area contributed by atoms with E-state index in [1.807, 2.05) is 75.4 Å². The van der Waals surface area contributed by atoms with E-state index in [9.17, 15) is 13.2 Å². The molecule has 4 aromatic rings. The number of carbonyl (C=O) groups is 1. The second-order valence-electron chi connectivity index (χ2n) is 8.19. The van der Waals surface area contributed by atoms with Crippen molar-refractivity contribution < 1.29 is 13.2 Å². The lowest BCUT2D eigenvalue weighted by atomic mass is 10.1. The van der Waals surface area contributed by atoms with Crippen LogP contribution in [0.15, 0.2) is 89.8 Å². The minimum Gasteiger partial charge on any atom is -0.324 e. The molecule has 0 heterocycles. The highest BCUT2D eigenvalue weighted by Crippen LogP contribution is 2.29. The Morgan fingerprint density at radius 1 is 0.818 bits per heavy atom. The molecule has 4 aromatic carbocycles. The van der Waals surface area contributed by atoms with Crippen molar-refractivity contribution in [2.75, 3.05) is 16.2 Å². The molecule has 0 saturated heterocycles. The molecule has 0 saturated carbocycles. The predicted octanol–water partition coefficient (Wildman–Crippen LogP) is 5.60. The minimum atomic E-state index is -3.97. The Balaban J connectivity index is 1.72. The zero-order chi connectivity index (χ0) is 23.6. The molecule has 33 heavy (non-hydrogen) atoms. The lowest BCUT2D eigenvalue weighted by molar-refractivity contribution is -0.114. The maximum atomic E-state index is 13.7. The molecule has 1 N–H and O–H groups in total. The summed E-state index contributed by atoms with van der Waals surface area (Å²) in [6.07, 6.45) is 0. The van der Waals surface area contributed by atoms with Gasteiger partial charge in [-0.1, -0.05) is 66.2 Å². The molecule has 0 radical (unpaired) electrons. The molecule has 0 unspecified atom stereocenters. The average molecular weight is 459 g/mol. The number of rotatable bonds is 6. The summed E-state index contributed by atoms with van der Waals surface area (Å²) in [7, 11) is -3.97. The Bertz CT molecular complexity index is 1420. The fraction of sp³-hybridized carbons (Fsp3) is 0.148. The molecule has 6 heteroatoms. The fourth-order valence-electron chi connectivity index (χ4n) is 3.78. The van der Waals surface area contributed by atoms with Gasteiger partial charge in [0.15, 0.2) is 0 Å². The minimum absolute atomic E-state index is 0.145. The van der Waals surface area contributed by atoms with Crippen molar-refractivity contribution in [3.8, 4) is 0 Å². The monoisotopic (exact) mass is 458 g/mol. The number of hydrogen-bond acceptors (Lipinski definition) is 3. The van der Waals surface area contributed by atoms with Gasteiger partial charge < -0.3 is 5.32 Å². The van der Waals surface area contributed by atoms with Crippen LogP contribution in [-0.2, 0) is 14.8 Å². The Morgan fingerprint density at radius 3 is 2.24 bits per heavy atom. The van der Waals surface area contributed by atoms with Gasteiger partial charge in [-0.05, 0) is 61.5 Å². The zero-order valence-electron chi connectivity index (χ0n) is 18.9. The molecule has 0 bridgehead atoms. The molecule has 0 atom stereocenters. The van der Waals surface area contributed by atoms with E-state index in [-0.39, 0.29) is 11.4 Å². The van der Waals surface area contributed by atoms with Crippen LogP contribution in [-0.4, -0.2) is 20.9 Å². The van der Waals surface area contributed by atoms with Gasteiger partial charge in [-0.15, -0.1) is 0 Å². The van der Waals surface area contributed by atoms with Crippen molar-refractivity contribution in [1.82, 2.24) is 0 Å². The Hall–Kier alpha value is -3.64. The van der Waals surface area contributed by atoms with Crippen LogP contribution in [0.25, 0.3) is 10.8 Å². The number of nitrogens with zero attached hydrogens (tertiary/aromatic N) is 1. The zero-order valence-corrected chi connectivity index (χ0v) is 19.7. The summed E-state index contributed by atoms with van der Waals surface area (Å²) in [6, 6.07) is 25.6. The Kier molecular flexibility index (Phi) is 6.20. The van der Waals surface area contributed by atoms with Gasteiger partial charge in [0.1, 0.15) is 6.54 Å². The van der Waals surface area contributed by atoms with Crippen molar-refractivity contribution in [3.05, 3.63) is 102 Å². The van der Waals surface area contributed by atoms with Crippen molar-refractivity contribution in [1.29, 1.82) is 0 Å². The molecule has 0 aromatic heterocycles.